The van der Waals surface area contributed by atoms with Crippen molar-refractivity contribution in [2.45, 2.75) is 112 Å². The molecule has 0 heterocycles. The van der Waals surface area contributed by atoms with Crippen molar-refractivity contribution in [3.05, 3.63) is 120 Å². The van der Waals surface area contributed by atoms with Gasteiger partial charge in [-0.15, -0.1) is 0 Å². The monoisotopic (exact) mass is 649 g/mol. The maximum atomic E-state index is 6.38. The van der Waals surface area contributed by atoms with Gasteiger partial charge in [-0.05, 0) is 139 Å². The summed E-state index contributed by atoms with van der Waals surface area (Å²) >= 11 is 0. The lowest BCUT2D eigenvalue weighted by Gasteiger charge is -2.30. The van der Waals surface area contributed by atoms with Gasteiger partial charge < -0.3 is 4.74 Å². The second-order valence-electron chi connectivity index (χ2n) is 16.5. The molecule has 3 aliphatic carbocycles. The first-order valence-corrected chi connectivity index (χ1v) is 20.6. The van der Waals surface area contributed by atoms with Gasteiger partial charge in [0.1, 0.15) is 5.75 Å². The van der Waals surface area contributed by atoms with E-state index in [-0.39, 0.29) is 11.3 Å². The van der Waals surface area contributed by atoms with Crippen molar-refractivity contribution in [2.75, 3.05) is 7.11 Å². The van der Waals surface area contributed by atoms with Crippen LogP contribution in [0.1, 0.15) is 119 Å². The molecule has 4 aromatic rings. The fourth-order valence-electron chi connectivity index (χ4n) is 9.59. The fourth-order valence-corrected chi connectivity index (χ4v) is 11.4. The predicted molar refractivity (Wildman–Crippen MR) is 209 cm³/mol. The van der Waals surface area contributed by atoms with Gasteiger partial charge in [0.15, 0.2) is 0 Å². The number of benzene rings is 4. The number of hydrogen-bond acceptors (Lipinski definition) is 1. The molecule has 0 spiro atoms. The highest BCUT2D eigenvalue weighted by atomic mass is 28.3. The van der Waals surface area contributed by atoms with Gasteiger partial charge in [0.05, 0.1) is 15.9 Å². The van der Waals surface area contributed by atoms with Crippen LogP contribution in [0.25, 0.3) is 34.4 Å². The number of ether oxygens (including phenoxy) is 1. The van der Waals surface area contributed by atoms with Crippen LogP contribution in [0.2, 0.25) is 13.1 Å². The Kier molecular flexibility index (Phi) is 8.06. The topological polar surface area (TPSA) is 9.23 Å². The van der Waals surface area contributed by atoms with E-state index in [0.29, 0.717) is 5.54 Å². The summed E-state index contributed by atoms with van der Waals surface area (Å²) in [6, 6.07) is 17.0. The lowest BCUT2D eigenvalue weighted by atomic mass is 9.75. The van der Waals surface area contributed by atoms with Crippen molar-refractivity contribution >= 4 is 20.9 Å². The van der Waals surface area contributed by atoms with Crippen LogP contribution in [0.5, 0.6) is 5.75 Å². The Labute approximate surface area is 291 Å². The van der Waals surface area contributed by atoms with E-state index in [1.807, 2.05) is 7.11 Å². The lowest BCUT2D eigenvalue weighted by Crippen LogP contribution is -2.16. The minimum absolute atomic E-state index is 0.0850. The van der Waals surface area contributed by atoms with Crippen molar-refractivity contribution in [1.29, 1.82) is 0 Å². The molecule has 2 atom stereocenters. The van der Waals surface area contributed by atoms with Gasteiger partial charge in [-0.1, -0.05) is 110 Å². The van der Waals surface area contributed by atoms with Gasteiger partial charge in [-0.2, -0.15) is 0 Å². The summed E-state index contributed by atoms with van der Waals surface area (Å²) in [6.45, 7) is 25.8. The molecule has 2 unspecified atom stereocenters. The van der Waals surface area contributed by atoms with E-state index in [1.165, 1.54) is 97.2 Å². The molecular formula is C46H53OSi. The van der Waals surface area contributed by atoms with Crippen molar-refractivity contribution in [3.63, 3.8) is 0 Å². The molecule has 7 rings (SSSR count). The summed E-state index contributed by atoms with van der Waals surface area (Å²) in [6.07, 6.45) is 8.69. The molecule has 48 heavy (non-hydrogen) atoms. The molecule has 0 amide bonds. The molecule has 0 aromatic heterocycles. The molecule has 0 saturated carbocycles. The Bertz CT molecular complexity index is 2040. The van der Waals surface area contributed by atoms with Crippen molar-refractivity contribution in [3.8, 4) is 28.0 Å². The van der Waals surface area contributed by atoms with E-state index in [4.69, 9.17) is 4.74 Å². The first kappa shape index (κ1) is 32.9. The van der Waals surface area contributed by atoms with Crippen LogP contribution in [0.3, 0.4) is 0 Å². The smallest absolute Gasteiger partial charge is 0.131 e. The molecule has 3 aliphatic rings. The maximum Gasteiger partial charge on any atom is 0.131 e. The van der Waals surface area contributed by atoms with Crippen LogP contribution in [0.4, 0.5) is 0 Å². The Morgan fingerprint density at radius 3 is 2.00 bits per heavy atom. The molecule has 4 aromatic carbocycles. The van der Waals surface area contributed by atoms with Gasteiger partial charge in [-0.25, -0.2) is 0 Å². The zero-order valence-electron chi connectivity index (χ0n) is 31.4. The number of allylic oxidation sites excluding steroid dienone is 2. The highest BCUT2D eigenvalue weighted by Gasteiger charge is 2.37. The number of fused-ring (bicyclic) bond motifs is 3. The van der Waals surface area contributed by atoms with Crippen LogP contribution in [-0.4, -0.2) is 15.9 Å². The summed E-state index contributed by atoms with van der Waals surface area (Å²) < 4.78 is 6.38. The number of rotatable bonds is 5. The van der Waals surface area contributed by atoms with Crippen LogP contribution >= 0.6 is 0 Å². The number of methoxy groups -OCH3 is 1. The number of hydrogen-bond donors (Lipinski definition) is 0. The predicted octanol–water partition coefficient (Wildman–Crippen LogP) is 12.4. The molecule has 247 valence electrons. The van der Waals surface area contributed by atoms with Gasteiger partial charge in [-0.3, -0.25) is 0 Å². The normalized spacial score (nSPS) is 18.2. The van der Waals surface area contributed by atoms with E-state index in [2.05, 4.69) is 130 Å². The highest BCUT2D eigenvalue weighted by molar-refractivity contribution is 6.58. The van der Waals surface area contributed by atoms with Crippen LogP contribution in [0, 0.1) is 27.7 Å². The van der Waals surface area contributed by atoms with Crippen LogP contribution in [-0.2, 0) is 18.3 Å². The zero-order chi connectivity index (χ0) is 34.4. The Balaban J connectivity index is 1.56. The van der Waals surface area contributed by atoms with Crippen LogP contribution < -0.4 is 4.74 Å². The third kappa shape index (κ3) is 5.18. The Morgan fingerprint density at radius 1 is 0.708 bits per heavy atom. The van der Waals surface area contributed by atoms with E-state index in [0.717, 1.165) is 5.75 Å². The summed E-state index contributed by atoms with van der Waals surface area (Å²) in [7, 11) is 1.33. The fraction of sp³-hybridized carbons (Fsp3) is 0.391. The van der Waals surface area contributed by atoms with Gasteiger partial charge in [0, 0.05) is 17.0 Å². The van der Waals surface area contributed by atoms with E-state index >= 15 is 0 Å². The Hall–Kier alpha value is -3.62. The van der Waals surface area contributed by atoms with Crippen molar-refractivity contribution in [2.24, 2.45) is 0 Å². The van der Waals surface area contributed by atoms with Crippen molar-refractivity contribution < 1.29 is 4.74 Å². The molecule has 0 N–H and O–H groups in total. The van der Waals surface area contributed by atoms with Gasteiger partial charge in [0.25, 0.3) is 0 Å². The third-order valence-corrected chi connectivity index (χ3v) is 13.2. The number of aryl methyl sites for hydroxylation is 5. The summed E-state index contributed by atoms with van der Waals surface area (Å²) in [5, 5.41) is 0. The van der Waals surface area contributed by atoms with Crippen molar-refractivity contribution in [1.82, 2.24) is 0 Å². The summed E-state index contributed by atoms with van der Waals surface area (Å²) in [5.74, 6) is 1.19. The highest BCUT2D eigenvalue weighted by Crippen LogP contribution is 2.55. The first-order valence-electron chi connectivity index (χ1n) is 18.0. The summed E-state index contributed by atoms with van der Waals surface area (Å²) in [5.41, 5.74) is 26.1. The third-order valence-electron chi connectivity index (χ3n) is 11.3. The SMILES string of the molecule is COc1c(C(C)(C)C)cc2c(c1-c1cc(C)cc(C)c1)C=C(C)C2c1c(C)cc(C)cc1-c1c2c(cc3c1CCC3)C([Si](C)C)C(C)=C2. The zero-order valence-corrected chi connectivity index (χ0v) is 32.4. The quantitative estimate of drug-likeness (QED) is 0.196. The van der Waals surface area contributed by atoms with Gasteiger partial charge in [0.2, 0.25) is 0 Å². The second kappa shape index (κ2) is 11.8. The summed E-state index contributed by atoms with van der Waals surface area (Å²) in [4.78, 5) is 0. The Morgan fingerprint density at radius 2 is 1.35 bits per heavy atom. The maximum absolute atomic E-state index is 6.38. The minimum Gasteiger partial charge on any atom is -0.496 e. The van der Waals surface area contributed by atoms with E-state index in [1.54, 1.807) is 22.3 Å². The van der Waals surface area contributed by atoms with Gasteiger partial charge >= 0.3 is 0 Å². The molecule has 0 aliphatic heterocycles. The molecule has 0 saturated heterocycles. The molecule has 1 radical (unpaired) electrons. The molecule has 1 nitrogen and oxygen atoms in total. The largest absolute Gasteiger partial charge is 0.496 e. The second-order valence-corrected chi connectivity index (χ2v) is 19.2. The van der Waals surface area contributed by atoms with E-state index < -0.39 is 8.80 Å². The molecular weight excluding hydrogens is 597 g/mol. The minimum atomic E-state index is -0.528. The molecule has 0 fully saturated rings. The first-order chi connectivity index (χ1) is 22.7. The standard InChI is InChI=1S/C46H53OSi/c1-25-16-26(2)19-32(18-25)42-34-21-29(5)40(36(34)24-39(44(42)47-10)46(7,8)9)41-28(4)17-27(3)20-38(41)43-33-15-13-14-31(33)23-37-35(43)22-30(6)45(37)48(11)12/h16-24,40,45H,13-15H2,1-12H3. The average Bonchev–Trinajstić information content (AvgIpc) is 3.67. The van der Waals surface area contributed by atoms with Crippen LogP contribution in [0.15, 0.2) is 53.6 Å². The molecule has 0 bridgehead atoms. The van der Waals surface area contributed by atoms with E-state index in [9.17, 15) is 0 Å². The molecule has 2 heteroatoms. The lowest BCUT2D eigenvalue weighted by molar-refractivity contribution is 0.399. The average molecular weight is 650 g/mol.